The zero-order valence-corrected chi connectivity index (χ0v) is 13.4. The molecule has 1 N–H and O–H groups in total. The van der Waals surface area contributed by atoms with E-state index >= 15 is 0 Å². The molecular formula is C12H14BrF3N2O2S. The van der Waals surface area contributed by atoms with Gasteiger partial charge in [-0.25, -0.2) is 0 Å². The molecule has 0 unspecified atom stereocenters. The third kappa shape index (κ3) is 4.10. The average molecular weight is 387 g/mol. The lowest BCUT2D eigenvalue weighted by molar-refractivity contribution is -0.137. The van der Waals surface area contributed by atoms with Crippen LogP contribution in [0, 0.1) is 0 Å². The molecule has 0 aliphatic carbocycles. The van der Waals surface area contributed by atoms with E-state index in [0.717, 1.165) is 31.4 Å². The van der Waals surface area contributed by atoms with Crippen LogP contribution in [0.25, 0.3) is 0 Å². The Morgan fingerprint density at radius 2 is 1.76 bits per heavy atom. The number of nitrogens with zero attached hydrogens (tertiary/aromatic N) is 1. The van der Waals surface area contributed by atoms with Gasteiger partial charge in [0.2, 0.25) is 0 Å². The number of benzene rings is 1. The molecule has 0 aromatic heterocycles. The van der Waals surface area contributed by atoms with Crippen LogP contribution < -0.4 is 4.72 Å². The molecule has 1 aliphatic heterocycles. The van der Waals surface area contributed by atoms with Gasteiger partial charge < -0.3 is 0 Å². The minimum Gasteiger partial charge on any atom is -0.270 e. The highest BCUT2D eigenvalue weighted by atomic mass is 79.9. The SMILES string of the molecule is O=S(=O)(Nc1cc(C(F)(F)F)ccc1Br)N1CCCCC1. The molecule has 0 bridgehead atoms. The molecule has 4 nitrogen and oxygen atoms in total. The predicted molar refractivity (Wildman–Crippen MR) is 77.1 cm³/mol. The van der Waals surface area contributed by atoms with E-state index in [1.807, 2.05) is 0 Å². The number of hydrogen-bond donors (Lipinski definition) is 1. The largest absolute Gasteiger partial charge is 0.416 e. The number of anilines is 1. The van der Waals surface area contributed by atoms with Crippen molar-refractivity contribution in [3.8, 4) is 0 Å². The highest BCUT2D eigenvalue weighted by Crippen LogP contribution is 2.34. The quantitative estimate of drug-likeness (QED) is 0.862. The van der Waals surface area contributed by atoms with Gasteiger partial charge in [0.05, 0.1) is 11.3 Å². The minimum atomic E-state index is -4.52. The van der Waals surface area contributed by atoms with Crippen LogP contribution >= 0.6 is 15.9 Å². The highest BCUT2D eigenvalue weighted by Gasteiger charge is 2.32. The van der Waals surface area contributed by atoms with Gasteiger partial charge in [0.1, 0.15) is 0 Å². The van der Waals surface area contributed by atoms with Crippen LogP contribution in [0.3, 0.4) is 0 Å². The second kappa shape index (κ2) is 6.13. The van der Waals surface area contributed by atoms with Crippen molar-refractivity contribution in [2.45, 2.75) is 25.4 Å². The van der Waals surface area contributed by atoms with Crippen molar-refractivity contribution >= 4 is 31.8 Å². The lowest BCUT2D eigenvalue weighted by Gasteiger charge is -2.26. The van der Waals surface area contributed by atoms with Crippen molar-refractivity contribution < 1.29 is 21.6 Å². The Hall–Kier alpha value is -0.800. The first kappa shape index (κ1) is 16.6. The zero-order chi connectivity index (χ0) is 15.7. The molecule has 1 heterocycles. The lowest BCUT2D eigenvalue weighted by Crippen LogP contribution is -2.39. The van der Waals surface area contributed by atoms with Crippen LogP contribution in [0.5, 0.6) is 0 Å². The summed E-state index contributed by atoms with van der Waals surface area (Å²) in [5, 5.41) is 0. The third-order valence-corrected chi connectivity index (χ3v) is 5.40. The molecule has 0 radical (unpaired) electrons. The van der Waals surface area contributed by atoms with Crippen LogP contribution in [-0.2, 0) is 16.4 Å². The zero-order valence-electron chi connectivity index (χ0n) is 11.0. The summed E-state index contributed by atoms with van der Waals surface area (Å²) in [7, 11) is -3.84. The van der Waals surface area contributed by atoms with E-state index in [0.29, 0.717) is 13.1 Å². The molecule has 1 aromatic carbocycles. The molecule has 1 aliphatic rings. The van der Waals surface area contributed by atoms with Crippen molar-refractivity contribution in [2.24, 2.45) is 0 Å². The Morgan fingerprint density at radius 3 is 2.33 bits per heavy atom. The minimum absolute atomic E-state index is 0.115. The third-order valence-electron chi connectivity index (χ3n) is 3.19. The summed E-state index contributed by atoms with van der Waals surface area (Å²) in [5.41, 5.74) is -1.02. The van der Waals surface area contributed by atoms with Crippen LogP contribution in [0.4, 0.5) is 18.9 Å². The molecule has 1 fully saturated rings. The van der Waals surface area contributed by atoms with Crippen molar-refractivity contribution in [3.63, 3.8) is 0 Å². The van der Waals surface area contributed by atoms with E-state index in [2.05, 4.69) is 20.7 Å². The van der Waals surface area contributed by atoms with Crippen molar-refractivity contribution in [3.05, 3.63) is 28.2 Å². The number of nitrogens with one attached hydrogen (secondary N) is 1. The Kier molecular flexibility index (Phi) is 4.84. The summed E-state index contributed by atoms with van der Waals surface area (Å²) in [6, 6.07) is 2.85. The van der Waals surface area contributed by atoms with Crippen LogP contribution in [0.1, 0.15) is 24.8 Å². The molecule has 2 rings (SSSR count). The molecule has 0 amide bonds. The molecule has 1 saturated heterocycles. The summed E-state index contributed by atoms with van der Waals surface area (Å²) in [6.45, 7) is 0.762. The fraction of sp³-hybridized carbons (Fsp3) is 0.500. The first-order valence-electron chi connectivity index (χ1n) is 6.35. The topological polar surface area (TPSA) is 49.4 Å². The monoisotopic (exact) mass is 386 g/mol. The fourth-order valence-electron chi connectivity index (χ4n) is 2.09. The summed E-state index contributed by atoms with van der Waals surface area (Å²) in [5.74, 6) is 0. The van der Waals surface area contributed by atoms with Gasteiger partial charge >= 0.3 is 16.4 Å². The highest BCUT2D eigenvalue weighted by molar-refractivity contribution is 9.10. The van der Waals surface area contributed by atoms with E-state index in [1.165, 1.54) is 10.4 Å². The van der Waals surface area contributed by atoms with Crippen molar-refractivity contribution in [1.82, 2.24) is 4.31 Å². The van der Waals surface area contributed by atoms with E-state index in [-0.39, 0.29) is 10.2 Å². The summed E-state index contributed by atoms with van der Waals surface area (Å²) >= 11 is 3.06. The second-order valence-electron chi connectivity index (χ2n) is 4.76. The Morgan fingerprint density at radius 1 is 1.14 bits per heavy atom. The molecule has 0 atom stereocenters. The average Bonchev–Trinajstić information content (AvgIpc) is 2.41. The normalized spacial score (nSPS) is 17.7. The predicted octanol–water partition coefficient (Wildman–Crippen LogP) is 3.61. The summed E-state index contributed by atoms with van der Waals surface area (Å²) in [4.78, 5) is 0. The van der Waals surface area contributed by atoms with Gasteiger partial charge in [-0.15, -0.1) is 0 Å². The van der Waals surface area contributed by atoms with Crippen LogP contribution in [-0.4, -0.2) is 25.8 Å². The molecule has 9 heteroatoms. The number of rotatable bonds is 3. The number of alkyl halides is 3. The fourth-order valence-corrected chi connectivity index (χ4v) is 3.88. The van der Waals surface area contributed by atoms with Crippen molar-refractivity contribution in [2.75, 3.05) is 17.8 Å². The smallest absolute Gasteiger partial charge is 0.270 e. The van der Waals surface area contributed by atoms with Crippen molar-refractivity contribution in [1.29, 1.82) is 0 Å². The van der Waals surface area contributed by atoms with Gasteiger partial charge in [-0.2, -0.15) is 25.9 Å². The molecule has 1 aromatic rings. The van der Waals surface area contributed by atoms with E-state index in [1.54, 1.807) is 0 Å². The number of hydrogen-bond acceptors (Lipinski definition) is 2. The standard InChI is InChI=1S/C12H14BrF3N2O2S/c13-10-5-4-9(12(14,15)16)8-11(10)17-21(19,20)18-6-2-1-3-7-18/h4-5,8,17H,1-3,6-7H2. The van der Waals surface area contributed by atoms with Gasteiger partial charge in [-0.05, 0) is 47.0 Å². The Labute approximate surface area is 129 Å². The van der Waals surface area contributed by atoms with Crippen LogP contribution in [0.2, 0.25) is 0 Å². The van der Waals surface area contributed by atoms with E-state index < -0.39 is 21.9 Å². The molecule has 118 valence electrons. The molecule has 0 saturated carbocycles. The first-order valence-corrected chi connectivity index (χ1v) is 8.58. The van der Waals surface area contributed by atoms with Gasteiger partial charge in [0, 0.05) is 17.6 Å². The van der Waals surface area contributed by atoms with Gasteiger partial charge in [-0.1, -0.05) is 6.42 Å². The van der Waals surface area contributed by atoms with E-state index in [4.69, 9.17) is 0 Å². The summed E-state index contributed by atoms with van der Waals surface area (Å²) in [6.07, 6.45) is -2.05. The molecule has 21 heavy (non-hydrogen) atoms. The maximum absolute atomic E-state index is 12.7. The molecule has 0 spiro atoms. The Bertz CT molecular complexity index is 613. The van der Waals surface area contributed by atoms with Gasteiger partial charge in [0.25, 0.3) is 0 Å². The molecular weight excluding hydrogens is 373 g/mol. The van der Waals surface area contributed by atoms with Gasteiger partial charge in [0.15, 0.2) is 0 Å². The Balaban J connectivity index is 2.26. The first-order chi connectivity index (χ1) is 9.70. The van der Waals surface area contributed by atoms with Crippen LogP contribution in [0.15, 0.2) is 22.7 Å². The maximum atomic E-state index is 12.7. The lowest BCUT2D eigenvalue weighted by atomic mass is 10.2. The second-order valence-corrected chi connectivity index (χ2v) is 7.28. The van der Waals surface area contributed by atoms with Gasteiger partial charge in [-0.3, -0.25) is 4.72 Å². The number of piperidine rings is 1. The summed E-state index contributed by atoms with van der Waals surface area (Å²) < 4.78 is 66.1. The van der Waals surface area contributed by atoms with E-state index in [9.17, 15) is 21.6 Å². The maximum Gasteiger partial charge on any atom is 0.416 e. The number of halogens is 4.